The summed E-state index contributed by atoms with van der Waals surface area (Å²) in [6.07, 6.45) is 0. The van der Waals surface area contributed by atoms with Crippen molar-refractivity contribution in [1.82, 2.24) is 0 Å². The van der Waals surface area contributed by atoms with Gasteiger partial charge in [0.1, 0.15) is 6.54 Å². The van der Waals surface area contributed by atoms with Gasteiger partial charge in [0, 0.05) is 5.56 Å². The van der Waals surface area contributed by atoms with Crippen molar-refractivity contribution in [2.24, 2.45) is 0 Å². The highest BCUT2D eigenvalue weighted by molar-refractivity contribution is 7.43. The van der Waals surface area contributed by atoms with Crippen LogP contribution in [0.5, 0.6) is 0 Å². The van der Waals surface area contributed by atoms with Gasteiger partial charge >= 0.3 is 0 Å². The fourth-order valence-electron chi connectivity index (χ4n) is 1.13. The molecule has 0 radical (unpaired) electrons. The van der Waals surface area contributed by atoms with Gasteiger partial charge in [-0.1, -0.05) is 30.3 Å². The van der Waals surface area contributed by atoms with Gasteiger partial charge in [-0.25, -0.2) is 0 Å². The molecule has 1 aromatic carbocycles. The standard InChI is InChI=1S/C10H16N.H3O4P/c1-11(2,3)9-10-7-5-4-6-8-10;1-5(2,3)4/h4-8H,9H2,1-3H3;(H3,1,2,3,4)/q+1;/p-1. The summed E-state index contributed by atoms with van der Waals surface area (Å²) in [5.74, 6) is 0. The van der Waals surface area contributed by atoms with Crippen LogP contribution in [0.1, 0.15) is 5.56 Å². The summed E-state index contributed by atoms with van der Waals surface area (Å²) < 4.78 is 9.76. The second-order valence-corrected chi connectivity index (χ2v) is 5.41. The van der Waals surface area contributed by atoms with Gasteiger partial charge in [-0.2, -0.15) is 0 Å². The number of rotatable bonds is 2. The first-order valence-electron chi connectivity index (χ1n) is 4.69. The van der Waals surface area contributed by atoms with E-state index in [1.165, 1.54) is 5.56 Å². The summed E-state index contributed by atoms with van der Waals surface area (Å²) >= 11 is 0. The molecule has 0 heterocycles. The van der Waals surface area contributed by atoms with E-state index in [4.69, 9.17) is 19.2 Å². The van der Waals surface area contributed by atoms with Gasteiger partial charge in [0.05, 0.1) is 21.1 Å². The Bertz CT molecular complexity index is 333. The summed E-state index contributed by atoms with van der Waals surface area (Å²) in [5, 5.41) is 0. The zero-order valence-electron chi connectivity index (χ0n) is 9.70. The Labute approximate surface area is 95.8 Å². The van der Waals surface area contributed by atoms with E-state index < -0.39 is 7.82 Å². The van der Waals surface area contributed by atoms with Crippen LogP contribution < -0.4 is 4.89 Å². The fraction of sp³-hybridized carbons (Fsp3) is 0.400. The largest absolute Gasteiger partial charge is 0.756 e. The molecule has 0 unspecified atom stereocenters. The van der Waals surface area contributed by atoms with Crippen molar-refractivity contribution in [1.29, 1.82) is 0 Å². The molecule has 0 aliphatic rings. The quantitative estimate of drug-likeness (QED) is 0.583. The maximum Gasteiger partial charge on any atom is 0.262 e. The number of nitrogens with zero attached hydrogens (tertiary/aromatic N) is 1. The molecule has 0 amide bonds. The number of hydrogen-bond acceptors (Lipinski definition) is 2. The van der Waals surface area contributed by atoms with Gasteiger partial charge < -0.3 is 19.2 Å². The lowest BCUT2D eigenvalue weighted by Crippen LogP contribution is -2.33. The molecule has 0 fully saturated rings. The van der Waals surface area contributed by atoms with E-state index in [1.807, 2.05) is 0 Å². The molecule has 1 rings (SSSR count). The van der Waals surface area contributed by atoms with Crippen molar-refractivity contribution in [2.75, 3.05) is 21.1 Å². The highest BCUT2D eigenvalue weighted by atomic mass is 31.2. The van der Waals surface area contributed by atoms with Crippen molar-refractivity contribution in [3.05, 3.63) is 35.9 Å². The molecule has 1 aromatic rings. The van der Waals surface area contributed by atoms with Crippen LogP contribution in [0.4, 0.5) is 0 Å². The molecule has 6 heteroatoms. The van der Waals surface area contributed by atoms with Crippen LogP contribution in [-0.4, -0.2) is 35.4 Å². The molecule has 0 bridgehead atoms. The van der Waals surface area contributed by atoms with Gasteiger partial charge in [-0.05, 0) is 0 Å². The maximum atomic E-state index is 8.77. The van der Waals surface area contributed by atoms with E-state index in [-0.39, 0.29) is 0 Å². The van der Waals surface area contributed by atoms with E-state index in [2.05, 4.69) is 51.5 Å². The lowest BCUT2D eigenvalue weighted by molar-refractivity contribution is -0.884. The SMILES string of the molecule is C[N+](C)(C)Cc1ccccc1.O=P([O-])(O)O. The Balaban J connectivity index is 0.000000385. The topological polar surface area (TPSA) is 80.6 Å². The fourth-order valence-corrected chi connectivity index (χ4v) is 1.13. The lowest BCUT2D eigenvalue weighted by Gasteiger charge is -2.23. The Morgan fingerprint density at radius 1 is 1.19 bits per heavy atom. The molecule has 0 saturated heterocycles. The van der Waals surface area contributed by atoms with Gasteiger partial charge in [0.15, 0.2) is 0 Å². The molecule has 0 aliphatic heterocycles. The molecule has 16 heavy (non-hydrogen) atoms. The summed E-state index contributed by atoms with van der Waals surface area (Å²) in [4.78, 5) is 22.9. The summed E-state index contributed by atoms with van der Waals surface area (Å²) in [5.41, 5.74) is 1.40. The molecule has 2 N–H and O–H groups in total. The van der Waals surface area contributed by atoms with E-state index in [1.54, 1.807) is 0 Å². The zero-order valence-corrected chi connectivity index (χ0v) is 10.6. The van der Waals surface area contributed by atoms with Gasteiger partial charge in [0.25, 0.3) is 7.82 Å². The van der Waals surface area contributed by atoms with E-state index >= 15 is 0 Å². The Kier molecular flexibility index (Phi) is 5.86. The molecule has 0 atom stereocenters. The van der Waals surface area contributed by atoms with Crippen LogP contribution in [0.3, 0.4) is 0 Å². The van der Waals surface area contributed by atoms with Crippen molar-refractivity contribution in [3.63, 3.8) is 0 Å². The minimum absolute atomic E-state index is 0.990. The molecule has 0 aliphatic carbocycles. The number of benzene rings is 1. The van der Waals surface area contributed by atoms with Crippen LogP contribution >= 0.6 is 7.82 Å². The predicted molar refractivity (Wildman–Crippen MR) is 60.2 cm³/mol. The van der Waals surface area contributed by atoms with Crippen molar-refractivity contribution < 1.29 is 23.7 Å². The second kappa shape index (κ2) is 6.13. The predicted octanol–water partition coefficient (Wildman–Crippen LogP) is 0.332. The van der Waals surface area contributed by atoms with Crippen LogP contribution in [0.2, 0.25) is 0 Å². The number of quaternary nitrogens is 1. The first-order chi connectivity index (χ1) is 7.08. The smallest absolute Gasteiger partial charge is 0.262 e. The van der Waals surface area contributed by atoms with Crippen molar-refractivity contribution in [2.45, 2.75) is 6.54 Å². The third-order valence-corrected chi connectivity index (χ3v) is 1.50. The minimum Gasteiger partial charge on any atom is -0.756 e. The minimum atomic E-state index is -4.89. The highest BCUT2D eigenvalue weighted by Gasteiger charge is 2.06. The maximum absolute atomic E-state index is 8.77. The number of hydrogen-bond donors (Lipinski definition) is 2. The van der Waals surface area contributed by atoms with Crippen LogP contribution in [0, 0.1) is 0 Å². The first kappa shape index (κ1) is 15.3. The lowest BCUT2D eigenvalue weighted by atomic mass is 10.2. The molecular formula is C10H18NO4P. The first-order valence-corrected chi connectivity index (χ1v) is 6.22. The number of phosphoric acid groups is 1. The van der Waals surface area contributed by atoms with Gasteiger partial charge in [-0.15, -0.1) is 0 Å². The summed E-state index contributed by atoms with van der Waals surface area (Å²) in [7, 11) is 1.72. The molecule has 0 spiro atoms. The summed E-state index contributed by atoms with van der Waals surface area (Å²) in [6, 6.07) is 10.6. The zero-order chi connectivity index (χ0) is 12.8. The molecule has 0 saturated carbocycles. The van der Waals surface area contributed by atoms with Crippen LogP contribution in [-0.2, 0) is 11.1 Å². The van der Waals surface area contributed by atoms with E-state index in [9.17, 15) is 0 Å². The van der Waals surface area contributed by atoms with E-state index in [0.29, 0.717) is 0 Å². The summed E-state index contributed by atoms with van der Waals surface area (Å²) in [6.45, 7) is 1.10. The monoisotopic (exact) mass is 247 g/mol. The second-order valence-electron chi connectivity index (χ2n) is 4.42. The van der Waals surface area contributed by atoms with Crippen LogP contribution in [0.15, 0.2) is 30.3 Å². The normalized spacial score (nSPS) is 11.6. The van der Waals surface area contributed by atoms with Crippen molar-refractivity contribution >= 4 is 7.82 Å². The molecule has 92 valence electrons. The Hall–Kier alpha value is -0.710. The third kappa shape index (κ3) is 13.3. The van der Waals surface area contributed by atoms with Gasteiger partial charge in [-0.3, -0.25) is 4.57 Å². The molecule has 0 aromatic heterocycles. The highest BCUT2D eigenvalue weighted by Crippen LogP contribution is 2.18. The average Bonchev–Trinajstić information content (AvgIpc) is 1.99. The molecular weight excluding hydrogens is 229 g/mol. The van der Waals surface area contributed by atoms with E-state index in [0.717, 1.165) is 11.0 Å². The average molecular weight is 247 g/mol. The third-order valence-electron chi connectivity index (χ3n) is 1.50. The Morgan fingerprint density at radius 3 is 1.88 bits per heavy atom. The van der Waals surface area contributed by atoms with Crippen molar-refractivity contribution in [3.8, 4) is 0 Å². The van der Waals surface area contributed by atoms with Crippen LogP contribution in [0.25, 0.3) is 0 Å². The molecule has 5 nitrogen and oxygen atoms in total. The van der Waals surface area contributed by atoms with Gasteiger partial charge in [0.2, 0.25) is 0 Å². The Morgan fingerprint density at radius 2 is 1.56 bits per heavy atom.